The summed E-state index contributed by atoms with van der Waals surface area (Å²) in [6, 6.07) is 13.3. The van der Waals surface area contributed by atoms with E-state index in [0.29, 0.717) is 18.5 Å². The van der Waals surface area contributed by atoms with Gasteiger partial charge in [-0.05, 0) is 49.1 Å². The summed E-state index contributed by atoms with van der Waals surface area (Å²) in [5.41, 5.74) is 5.04. The molecule has 1 saturated heterocycles. The van der Waals surface area contributed by atoms with Crippen molar-refractivity contribution in [3.05, 3.63) is 59.8 Å². The van der Waals surface area contributed by atoms with E-state index in [-0.39, 0.29) is 18.2 Å². The van der Waals surface area contributed by atoms with E-state index in [1.807, 2.05) is 18.3 Å². The van der Waals surface area contributed by atoms with Crippen molar-refractivity contribution in [1.29, 1.82) is 0 Å². The second kappa shape index (κ2) is 9.93. The Morgan fingerprint density at radius 3 is 2.47 bits per heavy atom. The zero-order valence-electron chi connectivity index (χ0n) is 20.6. The summed E-state index contributed by atoms with van der Waals surface area (Å²) in [6.45, 7) is 6.79. The van der Waals surface area contributed by atoms with Gasteiger partial charge in [-0.1, -0.05) is 37.3 Å². The fraction of sp³-hybridized carbons (Fsp3) is 0.370. The topological polar surface area (TPSA) is 100 Å². The van der Waals surface area contributed by atoms with Gasteiger partial charge in [-0.2, -0.15) is 0 Å². The first kappa shape index (κ1) is 23.7. The highest BCUT2D eigenvalue weighted by Crippen LogP contribution is 2.29. The van der Waals surface area contributed by atoms with E-state index in [0.717, 1.165) is 48.4 Å². The smallest absolute Gasteiger partial charge is 0.255 e. The number of carbonyl (C=O) groups excluding carboxylic acids is 3. The molecule has 3 heterocycles. The maximum atomic E-state index is 13.1. The Kier molecular flexibility index (Phi) is 6.54. The quantitative estimate of drug-likeness (QED) is 0.490. The molecular weight excluding hydrogens is 456 g/mol. The van der Waals surface area contributed by atoms with Gasteiger partial charge in [0.1, 0.15) is 11.7 Å². The number of piperidine rings is 1. The van der Waals surface area contributed by atoms with Crippen molar-refractivity contribution in [2.24, 2.45) is 0 Å². The van der Waals surface area contributed by atoms with Gasteiger partial charge in [0, 0.05) is 42.9 Å². The van der Waals surface area contributed by atoms with E-state index in [9.17, 15) is 14.4 Å². The van der Waals surface area contributed by atoms with Crippen LogP contribution in [0.2, 0.25) is 0 Å². The summed E-state index contributed by atoms with van der Waals surface area (Å²) in [5, 5.41) is 11.0. The molecule has 36 heavy (non-hydrogen) atoms. The third-order valence-corrected chi connectivity index (χ3v) is 6.78. The maximum absolute atomic E-state index is 13.1. The molecule has 1 atom stereocenters. The van der Waals surface area contributed by atoms with E-state index in [4.69, 9.17) is 0 Å². The third-order valence-electron chi connectivity index (χ3n) is 6.78. The first-order valence-corrected chi connectivity index (χ1v) is 12.5. The number of rotatable bonds is 8. The number of hydrogen-bond donors (Lipinski definition) is 1. The normalized spacial score (nSPS) is 17.3. The summed E-state index contributed by atoms with van der Waals surface area (Å²) in [6.07, 6.45) is 4.64. The van der Waals surface area contributed by atoms with E-state index < -0.39 is 11.9 Å². The van der Waals surface area contributed by atoms with Crippen LogP contribution < -0.4 is 10.2 Å². The Hall–Kier alpha value is -4.01. The van der Waals surface area contributed by atoms with Crippen LogP contribution in [0.3, 0.4) is 0 Å². The minimum Gasteiger partial charge on any atom is -0.372 e. The molecule has 0 saturated carbocycles. The lowest BCUT2D eigenvalue weighted by Gasteiger charge is -2.29. The van der Waals surface area contributed by atoms with Crippen molar-refractivity contribution < 1.29 is 14.4 Å². The van der Waals surface area contributed by atoms with E-state index in [1.54, 1.807) is 15.6 Å². The number of aromatic nitrogens is 3. The van der Waals surface area contributed by atoms with Gasteiger partial charge in [-0.25, -0.2) is 4.68 Å². The van der Waals surface area contributed by atoms with Gasteiger partial charge in [0.2, 0.25) is 11.8 Å². The zero-order valence-corrected chi connectivity index (χ0v) is 20.6. The van der Waals surface area contributed by atoms with E-state index in [2.05, 4.69) is 58.6 Å². The van der Waals surface area contributed by atoms with Crippen LogP contribution in [0.4, 0.5) is 5.69 Å². The van der Waals surface area contributed by atoms with Crippen molar-refractivity contribution >= 4 is 23.4 Å². The molecule has 1 fully saturated rings. The van der Waals surface area contributed by atoms with Crippen LogP contribution in [0.5, 0.6) is 0 Å². The van der Waals surface area contributed by atoms with Gasteiger partial charge in [0.15, 0.2) is 0 Å². The second-order valence-electron chi connectivity index (χ2n) is 9.32. The van der Waals surface area contributed by atoms with Crippen LogP contribution in [0.1, 0.15) is 55.5 Å². The van der Waals surface area contributed by atoms with Crippen LogP contribution in [-0.4, -0.2) is 56.7 Å². The first-order chi connectivity index (χ1) is 17.5. The Morgan fingerprint density at radius 1 is 1.03 bits per heavy atom. The minimum absolute atomic E-state index is 0.207. The number of benzene rings is 2. The minimum atomic E-state index is -0.627. The van der Waals surface area contributed by atoms with Gasteiger partial charge in [-0.15, -0.1) is 5.10 Å². The maximum Gasteiger partial charge on any atom is 0.255 e. The molecule has 5 rings (SSSR count). The number of anilines is 1. The standard InChI is InChI=1S/C27H30N6O3/c1-3-13-31(14-4-2)20-8-5-18(6-9-20)23-17-33(30-29-23)21-10-7-19-16-32(27(36)22(19)15-21)24-11-12-25(34)28-26(24)35/h5-10,15,17,24H,3-4,11-14,16H2,1-2H3,(H,28,34,35). The number of hydrogen-bond acceptors (Lipinski definition) is 6. The number of fused-ring (bicyclic) bond motifs is 1. The Balaban J connectivity index is 1.33. The van der Waals surface area contributed by atoms with Gasteiger partial charge >= 0.3 is 0 Å². The van der Waals surface area contributed by atoms with Crippen molar-refractivity contribution in [2.45, 2.75) is 52.1 Å². The number of nitrogens with zero attached hydrogens (tertiary/aromatic N) is 5. The molecule has 1 N–H and O–H groups in total. The summed E-state index contributed by atoms with van der Waals surface area (Å²) in [4.78, 5) is 40.8. The zero-order chi connectivity index (χ0) is 25.2. The number of amides is 3. The molecule has 2 aromatic carbocycles. The van der Waals surface area contributed by atoms with E-state index >= 15 is 0 Å². The molecule has 1 unspecified atom stereocenters. The third kappa shape index (κ3) is 4.48. The van der Waals surface area contributed by atoms with Crippen LogP contribution in [0, 0.1) is 0 Å². The Bertz CT molecular complexity index is 1290. The Morgan fingerprint density at radius 2 is 1.78 bits per heavy atom. The molecular formula is C27H30N6O3. The fourth-order valence-corrected chi connectivity index (χ4v) is 4.96. The summed E-state index contributed by atoms with van der Waals surface area (Å²) < 4.78 is 1.66. The van der Waals surface area contributed by atoms with Crippen LogP contribution in [0.15, 0.2) is 48.7 Å². The van der Waals surface area contributed by atoms with Crippen LogP contribution >= 0.6 is 0 Å². The average molecular weight is 487 g/mol. The van der Waals surface area contributed by atoms with Gasteiger partial charge < -0.3 is 9.80 Å². The molecule has 186 valence electrons. The molecule has 3 amide bonds. The molecule has 0 aliphatic carbocycles. The number of imide groups is 1. The molecule has 1 aromatic heterocycles. The van der Waals surface area contributed by atoms with Crippen LogP contribution in [0.25, 0.3) is 16.9 Å². The lowest BCUT2D eigenvalue weighted by atomic mass is 10.0. The largest absolute Gasteiger partial charge is 0.372 e. The predicted octanol–water partition coefficient (Wildman–Crippen LogP) is 3.32. The highest BCUT2D eigenvalue weighted by molar-refractivity contribution is 6.05. The highest BCUT2D eigenvalue weighted by Gasteiger charge is 2.39. The van der Waals surface area contributed by atoms with Gasteiger partial charge in [-0.3, -0.25) is 19.7 Å². The second-order valence-corrected chi connectivity index (χ2v) is 9.32. The average Bonchev–Trinajstić information content (AvgIpc) is 3.49. The lowest BCUT2D eigenvalue weighted by Crippen LogP contribution is -2.52. The van der Waals surface area contributed by atoms with Gasteiger partial charge in [0.05, 0.1) is 11.9 Å². The van der Waals surface area contributed by atoms with Crippen molar-refractivity contribution in [3.63, 3.8) is 0 Å². The molecule has 0 spiro atoms. The Labute approximate surface area is 210 Å². The monoisotopic (exact) mass is 486 g/mol. The predicted molar refractivity (Wildman–Crippen MR) is 136 cm³/mol. The number of carbonyl (C=O) groups is 3. The molecule has 2 aliphatic rings. The molecule has 2 aliphatic heterocycles. The van der Waals surface area contributed by atoms with Crippen molar-refractivity contribution in [2.75, 3.05) is 18.0 Å². The first-order valence-electron chi connectivity index (χ1n) is 12.5. The van der Waals surface area contributed by atoms with Gasteiger partial charge in [0.25, 0.3) is 5.91 Å². The van der Waals surface area contributed by atoms with E-state index in [1.165, 1.54) is 5.69 Å². The summed E-state index contributed by atoms with van der Waals surface area (Å²) in [7, 11) is 0. The molecule has 0 radical (unpaired) electrons. The highest BCUT2D eigenvalue weighted by atomic mass is 16.2. The van der Waals surface area contributed by atoms with Crippen molar-refractivity contribution in [1.82, 2.24) is 25.2 Å². The van der Waals surface area contributed by atoms with Crippen molar-refractivity contribution in [3.8, 4) is 16.9 Å². The number of nitrogens with one attached hydrogen (secondary N) is 1. The SMILES string of the molecule is CCCN(CCC)c1ccc(-c2cn(-c3ccc4c(c3)C(=O)N(C3CCC(=O)NC3=O)C4)nn2)cc1. The molecule has 9 nitrogen and oxygen atoms in total. The summed E-state index contributed by atoms with van der Waals surface area (Å²) >= 11 is 0. The molecule has 9 heteroatoms. The molecule has 3 aromatic rings. The van der Waals surface area contributed by atoms with Crippen LogP contribution in [-0.2, 0) is 16.1 Å². The summed E-state index contributed by atoms with van der Waals surface area (Å²) in [5.74, 6) is -0.911. The fourth-order valence-electron chi connectivity index (χ4n) is 4.96. The molecule has 0 bridgehead atoms. The lowest BCUT2D eigenvalue weighted by molar-refractivity contribution is -0.136.